The highest BCUT2D eigenvalue weighted by Crippen LogP contribution is 2.17. The monoisotopic (exact) mass is 212 g/mol. The van der Waals surface area contributed by atoms with Crippen LogP contribution in [0.15, 0.2) is 0 Å². The Labute approximate surface area is 93.2 Å². The molecule has 15 heavy (non-hydrogen) atoms. The predicted molar refractivity (Wildman–Crippen MR) is 62.8 cm³/mol. The van der Waals surface area contributed by atoms with Crippen LogP contribution in [-0.4, -0.2) is 37.5 Å². The molecule has 1 saturated heterocycles. The molecule has 3 nitrogen and oxygen atoms in total. The van der Waals surface area contributed by atoms with Crippen LogP contribution >= 0.6 is 0 Å². The van der Waals surface area contributed by atoms with Crippen molar-refractivity contribution in [2.75, 3.05) is 26.7 Å². The van der Waals surface area contributed by atoms with Crippen LogP contribution in [-0.2, 0) is 4.79 Å². The second-order valence-electron chi connectivity index (χ2n) is 4.49. The molecule has 1 N–H and O–H groups in total. The third-order valence-corrected chi connectivity index (χ3v) is 3.20. The number of piperidine rings is 1. The summed E-state index contributed by atoms with van der Waals surface area (Å²) in [6.45, 7) is 5.16. The zero-order valence-electron chi connectivity index (χ0n) is 10.1. The molecule has 0 aromatic carbocycles. The summed E-state index contributed by atoms with van der Waals surface area (Å²) in [6.07, 6.45) is 5.22. The van der Waals surface area contributed by atoms with Gasteiger partial charge in [-0.05, 0) is 38.8 Å². The molecule has 0 aromatic rings. The predicted octanol–water partition coefficient (Wildman–Crippen LogP) is 1.63. The van der Waals surface area contributed by atoms with E-state index in [2.05, 4.69) is 12.2 Å². The average Bonchev–Trinajstić information content (AvgIpc) is 2.27. The third-order valence-electron chi connectivity index (χ3n) is 3.20. The van der Waals surface area contributed by atoms with Gasteiger partial charge in [0.2, 0.25) is 5.91 Å². The summed E-state index contributed by atoms with van der Waals surface area (Å²) in [7, 11) is 2.00. The van der Waals surface area contributed by atoms with E-state index in [0.717, 1.165) is 44.8 Å². The molecule has 0 spiro atoms. The van der Waals surface area contributed by atoms with Crippen molar-refractivity contribution in [3.05, 3.63) is 0 Å². The van der Waals surface area contributed by atoms with Gasteiger partial charge in [-0.1, -0.05) is 13.3 Å². The quantitative estimate of drug-likeness (QED) is 0.751. The lowest BCUT2D eigenvalue weighted by Gasteiger charge is -2.32. The number of likely N-dealkylation sites (tertiary alicyclic amines) is 1. The van der Waals surface area contributed by atoms with Crippen LogP contribution < -0.4 is 5.32 Å². The molecule has 1 fully saturated rings. The molecule has 0 aliphatic carbocycles. The molecular weight excluding hydrogens is 188 g/mol. The molecule has 1 rings (SSSR count). The number of hydrogen-bond acceptors (Lipinski definition) is 2. The van der Waals surface area contributed by atoms with Gasteiger partial charge in [0.25, 0.3) is 0 Å². The van der Waals surface area contributed by atoms with Gasteiger partial charge in [-0.2, -0.15) is 0 Å². The SMILES string of the molecule is CCCCC(=O)N1CCC(CNC)CC1. The van der Waals surface area contributed by atoms with Crippen LogP contribution in [0.3, 0.4) is 0 Å². The van der Waals surface area contributed by atoms with E-state index in [9.17, 15) is 4.79 Å². The highest BCUT2D eigenvalue weighted by Gasteiger charge is 2.21. The van der Waals surface area contributed by atoms with E-state index >= 15 is 0 Å². The number of rotatable bonds is 5. The Bertz CT molecular complexity index is 186. The molecule has 0 radical (unpaired) electrons. The third kappa shape index (κ3) is 4.20. The second-order valence-corrected chi connectivity index (χ2v) is 4.49. The Morgan fingerprint density at radius 3 is 2.60 bits per heavy atom. The summed E-state index contributed by atoms with van der Waals surface area (Å²) >= 11 is 0. The standard InChI is InChI=1S/C12H24N2O/c1-3-4-5-12(15)14-8-6-11(7-9-14)10-13-2/h11,13H,3-10H2,1-2H3. The molecule has 1 heterocycles. The molecular formula is C12H24N2O. The average molecular weight is 212 g/mol. The Balaban J connectivity index is 2.21. The minimum Gasteiger partial charge on any atom is -0.343 e. The molecule has 0 aromatic heterocycles. The number of unbranched alkanes of at least 4 members (excludes halogenated alkanes) is 1. The topological polar surface area (TPSA) is 32.3 Å². The van der Waals surface area contributed by atoms with Crippen molar-refractivity contribution >= 4 is 5.91 Å². The van der Waals surface area contributed by atoms with E-state index in [4.69, 9.17) is 0 Å². The summed E-state index contributed by atoms with van der Waals surface area (Å²) < 4.78 is 0. The summed E-state index contributed by atoms with van der Waals surface area (Å²) in [5, 5.41) is 3.21. The summed E-state index contributed by atoms with van der Waals surface area (Å²) in [5.41, 5.74) is 0. The van der Waals surface area contributed by atoms with E-state index in [1.807, 2.05) is 11.9 Å². The van der Waals surface area contributed by atoms with Gasteiger partial charge >= 0.3 is 0 Å². The molecule has 3 heteroatoms. The molecule has 0 atom stereocenters. The zero-order valence-corrected chi connectivity index (χ0v) is 10.1. The van der Waals surface area contributed by atoms with Crippen molar-refractivity contribution in [3.63, 3.8) is 0 Å². The van der Waals surface area contributed by atoms with Crippen molar-refractivity contribution in [1.29, 1.82) is 0 Å². The van der Waals surface area contributed by atoms with Gasteiger partial charge in [0, 0.05) is 19.5 Å². The van der Waals surface area contributed by atoms with Crippen molar-refractivity contribution in [2.45, 2.75) is 39.0 Å². The van der Waals surface area contributed by atoms with Crippen LogP contribution in [0.25, 0.3) is 0 Å². The lowest BCUT2D eigenvalue weighted by atomic mass is 9.96. The first-order valence-corrected chi connectivity index (χ1v) is 6.20. The van der Waals surface area contributed by atoms with E-state index in [-0.39, 0.29) is 0 Å². The minimum absolute atomic E-state index is 0.361. The summed E-state index contributed by atoms with van der Waals surface area (Å²) in [5.74, 6) is 1.13. The van der Waals surface area contributed by atoms with Crippen LogP contribution in [0, 0.1) is 5.92 Å². The Kier molecular flexibility index (Phi) is 5.69. The van der Waals surface area contributed by atoms with Crippen LogP contribution in [0.4, 0.5) is 0 Å². The maximum absolute atomic E-state index is 11.7. The Morgan fingerprint density at radius 1 is 1.40 bits per heavy atom. The number of nitrogens with zero attached hydrogens (tertiary/aromatic N) is 1. The first-order chi connectivity index (χ1) is 7.27. The van der Waals surface area contributed by atoms with Gasteiger partial charge < -0.3 is 10.2 Å². The van der Waals surface area contributed by atoms with Gasteiger partial charge in [-0.3, -0.25) is 4.79 Å². The maximum Gasteiger partial charge on any atom is 0.222 e. The van der Waals surface area contributed by atoms with Gasteiger partial charge in [0.05, 0.1) is 0 Å². The molecule has 1 aliphatic rings. The van der Waals surface area contributed by atoms with E-state index in [0.29, 0.717) is 5.91 Å². The zero-order chi connectivity index (χ0) is 11.1. The Morgan fingerprint density at radius 2 is 2.07 bits per heavy atom. The maximum atomic E-state index is 11.7. The largest absolute Gasteiger partial charge is 0.343 e. The van der Waals surface area contributed by atoms with E-state index < -0.39 is 0 Å². The fraction of sp³-hybridized carbons (Fsp3) is 0.917. The first kappa shape index (κ1) is 12.5. The second kappa shape index (κ2) is 6.83. The van der Waals surface area contributed by atoms with Gasteiger partial charge in [-0.15, -0.1) is 0 Å². The van der Waals surface area contributed by atoms with Crippen LogP contribution in [0.2, 0.25) is 0 Å². The number of carbonyl (C=O) groups excluding carboxylic acids is 1. The van der Waals surface area contributed by atoms with Gasteiger partial charge in [0.15, 0.2) is 0 Å². The number of carbonyl (C=O) groups is 1. The minimum atomic E-state index is 0.361. The molecule has 88 valence electrons. The van der Waals surface area contributed by atoms with E-state index in [1.165, 1.54) is 12.8 Å². The molecule has 1 amide bonds. The number of nitrogens with one attached hydrogen (secondary N) is 1. The summed E-state index contributed by atoms with van der Waals surface area (Å²) in [4.78, 5) is 13.8. The van der Waals surface area contributed by atoms with Gasteiger partial charge in [0.1, 0.15) is 0 Å². The van der Waals surface area contributed by atoms with Crippen molar-refractivity contribution in [1.82, 2.24) is 10.2 Å². The lowest BCUT2D eigenvalue weighted by Crippen LogP contribution is -2.40. The normalized spacial score (nSPS) is 18.1. The molecule has 0 bridgehead atoms. The van der Waals surface area contributed by atoms with Crippen LogP contribution in [0.1, 0.15) is 39.0 Å². The fourth-order valence-corrected chi connectivity index (χ4v) is 2.16. The van der Waals surface area contributed by atoms with E-state index in [1.54, 1.807) is 0 Å². The van der Waals surface area contributed by atoms with Crippen molar-refractivity contribution in [3.8, 4) is 0 Å². The number of hydrogen-bond donors (Lipinski definition) is 1. The first-order valence-electron chi connectivity index (χ1n) is 6.20. The summed E-state index contributed by atoms with van der Waals surface area (Å²) in [6, 6.07) is 0. The van der Waals surface area contributed by atoms with Crippen molar-refractivity contribution in [2.24, 2.45) is 5.92 Å². The lowest BCUT2D eigenvalue weighted by molar-refractivity contribution is -0.132. The number of amides is 1. The smallest absolute Gasteiger partial charge is 0.222 e. The Hall–Kier alpha value is -0.570. The molecule has 0 unspecified atom stereocenters. The van der Waals surface area contributed by atoms with Gasteiger partial charge in [-0.25, -0.2) is 0 Å². The van der Waals surface area contributed by atoms with Crippen LogP contribution in [0.5, 0.6) is 0 Å². The van der Waals surface area contributed by atoms with Crippen molar-refractivity contribution < 1.29 is 4.79 Å². The highest BCUT2D eigenvalue weighted by molar-refractivity contribution is 5.76. The molecule has 0 saturated carbocycles. The fourth-order valence-electron chi connectivity index (χ4n) is 2.16. The molecule has 1 aliphatic heterocycles. The highest BCUT2D eigenvalue weighted by atomic mass is 16.2.